The maximum absolute atomic E-state index is 12.2. The molecule has 0 aliphatic carbocycles. The predicted octanol–water partition coefficient (Wildman–Crippen LogP) is 1.12. The summed E-state index contributed by atoms with van der Waals surface area (Å²) in [5, 5.41) is 9.98. The van der Waals surface area contributed by atoms with E-state index in [9.17, 15) is 9.90 Å². The molecular weight excluding hydrogens is 216 g/mol. The number of hydrogen-bond acceptors (Lipinski definition) is 3. The molecule has 1 aliphatic rings. The van der Waals surface area contributed by atoms with Crippen LogP contribution in [0.4, 0.5) is 0 Å². The van der Waals surface area contributed by atoms with Crippen molar-refractivity contribution < 1.29 is 9.90 Å². The summed E-state index contributed by atoms with van der Waals surface area (Å²) in [6.07, 6.45) is 2.23. The maximum atomic E-state index is 12.2. The Morgan fingerprint density at radius 3 is 2.47 bits per heavy atom. The Labute approximate surface area is 104 Å². The van der Waals surface area contributed by atoms with Crippen molar-refractivity contribution in [3.63, 3.8) is 0 Å². The number of rotatable bonds is 1. The van der Waals surface area contributed by atoms with Crippen molar-refractivity contribution in [3.05, 3.63) is 0 Å². The fourth-order valence-electron chi connectivity index (χ4n) is 2.05. The van der Waals surface area contributed by atoms with Crippen LogP contribution in [0.15, 0.2) is 0 Å². The Bertz CT molecular complexity index is 282. The smallest absolute Gasteiger partial charge is 0.240 e. The zero-order valence-electron chi connectivity index (χ0n) is 11.5. The second-order valence-corrected chi connectivity index (χ2v) is 6.52. The van der Waals surface area contributed by atoms with Crippen molar-refractivity contribution in [2.45, 2.75) is 58.6 Å². The molecule has 0 bridgehead atoms. The third kappa shape index (κ3) is 3.96. The monoisotopic (exact) mass is 242 g/mol. The second-order valence-electron chi connectivity index (χ2n) is 6.52. The lowest BCUT2D eigenvalue weighted by molar-refractivity contribution is -0.135. The van der Waals surface area contributed by atoms with E-state index < -0.39 is 11.6 Å². The SMILES string of the molecule is CC1(O)CCCN(C(=O)[C@@H](N)C(C)(C)C)CC1. The first kappa shape index (κ1) is 14.5. The molecule has 3 N–H and O–H groups in total. The number of carbonyl (C=O) groups excluding carboxylic acids is 1. The van der Waals surface area contributed by atoms with Crippen molar-refractivity contribution in [2.24, 2.45) is 11.1 Å². The van der Waals surface area contributed by atoms with Gasteiger partial charge in [0.2, 0.25) is 5.91 Å². The number of aliphatic hydroxyl groups is 1. The van der Waals surface area contributed by atoms with Gasteiger partial charge in [-0.2, -0.15) is 0 Å². The fourth-order valence-corrected chi connectivity index (χ4v) is 2.05. The Kier molecular flexibility index (Phi) is 4.20. The van der Waals surface area contributed by atoms with Crippen LogP contribution in [0, 0.1) is 5.41 Å². The van der Waals surface area contributed by atoms with Crippen LogP contribution < -0.4 is 5.73 Å². The van der Waals surface area contributed by atoms with Crippen molar-refractivity contribution in [2.75, 3.05) is 13.1 Å². The normalized spacial score (nSPS) is 28.7. The molecule has 100 valence electrons. The van der Waals surface area contributed by atoms with Crippen LogP contribution in [-0.4, -0.2) is 40.6 Å². The quantitative estimate of drug-likeness (QED) is 0.724. The molecule has 0 spiro atoms. The minimum atomic E-state index is -0.638. The van der Waals surface area contributed by atoms with Gasteiger partial charge in [0.15, 0.2) is 0 Å². The number of hydrogen-bond donors (Lipinski definition) is 2. The van der Waals surface area contributed by atoms with Gasteiger partial charge in [0.1, 0.15) is 0 Å². The lowest BCUT2D eigenvalue weighted by Gasteiger charge is -2.31. The molecule has 4 heteroatoms. The first-order valence-electron chi connectivity index (χ1n) is 6.40. The second kappa shape index (κ2) is 4.94. The van der Waals surface area contributed by atoms with E-state index >= 15 is 0 Å². The number of nitrogens with two attached hydrogens (primary N) is 1. The Morgan fingerprint density at radius 1 is 1.35 bits per heavy atom. The highest BCUT2D eigenvalue weighted by atomic mass is 16.3. The topological polar surface area (TPSA) is 66.6 Å². The molecule has 4 nitrogen and oxygen atoms in total. The highest BCUT2D eigenvalue weighted by Gasteiger charge is 2.33. The molecule has 1 saturated heterocycles. The first-order valence-corrected chi connectivity index (χ1v) is 6.40. The van der Waals surface area contributed by atoms with Gasteiger partial charge in [0.25, 0.3) is 0 Å². The van der Waals surface area contributed by atoms with Crippen molar-refractivity contribution in [1.29, 1.82) is 0 Å². The Morgan fingerprint density at radius 2 is 1.94 bits per heavy atom. The van der Waals surface area contributed by atoms with Gasteiger partial charge in [-0.05, 0) is 31.6 Å². The molecule has 2 atom stereocenters. The summed E-state index contributed by atoms with van der Waals surface area (Å²) in [7, 11) is 0. The Hall–Kier alpha value is -0.610. The third-order valence-electron chi connectivity index (χ3n) is 3.57. The fraction of sp³-hybridized carbons (Fsp3) is 0.923. The van der Waals surface area contributed by atoms with Crippen LogP contribution >= 0.6 is 0 Å². The van der Waals surface area contributed by atoms with E-state index in [4.69, 9.17) is 5.73 Å². The number of amides is 1. The maximum Gasteiger partial charge on any atom is 0.240 e. The predicted molar refractivity (Wildman–Crippen MR) is 68.5 cm³/mol. The first-order chi connectivity index (χ1) is 7.63. The molecule has 1 aliphatic heterocycles. The van der Waals surface area contributed by atoms with E-state index in [1.165, 1.54) is 0 Å². The molecule has 0 radical (unpaired) electrons. The lowest BCUT2D eigenvalue weighted by atomic mass is 9.86. The molecule has 0 aromatic carbocycles. The van der Waals surface area contributed by atoms with Gasteiger partial charge in [-0.15, -0.1) is 0 Å². The van der Waals surface area contributed by atoms with Gasteiger partial charge in [0.05, 0.1) is 11.6 Å². The van der Waals surface area contributed by atoms with Crippen molar-refractivity contribution >= 4 is 5.91 Å². The molecule has 0 aromatic rings. The van der Waals surface area contributed by atoms with Crippen LogP contribution in [0.3, 0.4) is 0 Å². The zero-order valence-corrected chi connectivity index (χ0v) is 11.5. The highest BCUT2D eigenvalue weighted by molar-refractivity contribution is 5.82. The van der Waals surface area contributed by atoms with E-state index in [0.717, 1.165) is 12.8 Å². The third-order valence-corrected chi connectivity index (χ3v) is 3.57. The summed E-state index contributed by atoms with van der Waals surface area (Å²) in [5.74, 6) is 0.00944. The largest absolute Gasteiger partial charge is 0.390 e. The summed E-state index contributed by atoms with van der Waals surface area (Å²) in [6, 6.07) is -0.467. The number of nitrogens with zero attached hydrogens (tertiary/aromatic N) is 1. The molecule has 1 unspecified atom stereocenters. The zero-order chi connectivity index (χ0) is 13.3. The average Bonchev–Trinajstić information content (AvgIpc) is 2.36. The van der Waals surface area contributed by atoms with Crippen LogP contribution in [0.1, 0.15) is 47.0 Å². The van der Waals surface area contributed by atoms with Crippen LogP contribution in [-0.2, 0) is 4.79 Å². The molecule has 1 heterocycles. The van der Waals surface area contributed by atoms with E-state index in [2.05, 4.69) is 0 Å². The standard InChI is InChI=1S/C13H26N2O2/c1-12(2,3)10(14)11(16)15-8-5-6-13(4,17)7-9-15/h10,17H,5-9,14H2,1-4H3/t10-,13?/m1/s1. The van der Waals surface area contributed by atoms with Crippen LogP contribution in [0.25, 0.3) is 0 Å². The van der Waals surface area contributed by atoms with Gasteiger partial charge in [-0.25, -0.2) is 0 Å². The van der Waals surface area contributed by atoms with E-state index in [1.54, 1.807) is 4.90 Å². The molecule has 1 fully saturated rings. The summed E-state index contributed by atoms with van der Waals surface area (Å²) in [4.78, 5) is 14.0. The molecule has 0 aromatic heterocycles. The molecule has 1 amide bonds. The molecule has 17 heavy (non-hydrogen) atoms. The Balaban J connectivity index is 2.65. The van der Waals surface area contributed by atoms with Crippen molar-refractivity contribution in [3.8, 4) is 0 Å². The van der Waals surface area contributed by atoms with E-state index in [1.807, 2.05) is 27.7 Å². The number of carbonyl (C=O) groups is 1. The van der Waals surface area contributed by atoms with Crippen LogP contribution in [0.2, 0.25) is 0 Å². The lowest BCUT2D eigenvalue weighted by Crippen LogP contribution is -2.50. The summed E-state index contributed by atoms with van der Waals surface area (Å²) < 4.78 is 0. The van der Waals surface area contributed by atoms with Gasteiger partial charge in [-0.1, -0.05) is 20.8 Å². The van der Waals surface area contributed by atoms with Gasteiger partial charge in [0, 0.05) is 13.1 Å². The molecule has 0 saturated carbocycles. The van der Waals surface area contributed by atoms with Gasteiger partial charge >= 0.3 is 0 Å². The van der Waals surface area contributed by atoms with Crippen molar-refractivity contribution in [1.82, 2.24) is 4.90 Å². The van der Waals surface area contributed by atoms with Gasteiger partial charge in [-0.3, -0.25) is 4.79 Å². The number of likely N-dealkylation sites (tertiary alicyclic amines) is 1. The minimum absolute atomic E-state index is 0.00944. The summed E-state index contributed by atoms with van der Waals surface area (Å²) in [5.41, 5.74) is 5.14. The molecule has 1 rings (SSSR count). The summed E-state index contributed by atoms with van der Waals surface area (Å²) in [6.45, 7) is 9.08. The van der Waals surface area contributed by atoms with Crippen LogP contribution in [0.5, 0.6) is 0 Å². The van der Waals surface area contributed by atoms with E-state index in [-0.39, 0.29) is 11.3 Å². The highest BCUT2D eigenvalue weighted by Crippen LogP contribution is 2.24. The minimum Gasteiger partial charge on any atom is -0.390 e. The molecular formula is C13H26N2O2. The van der Waals surface area contributed by atoms with Gasteiger partial charge < -0.3 is 15.7 Å². The average molecular weight is 242 g/mol. The summed E-state index contributed by atoms with van der Waals surface area (Å²) >= 11 is 0. The van der Waals surface area contributed by atoms with E-state index in [0.29, 0.717) is 19.5 Å².